The van der Waals surface area contributed by atoms with Crippen molar-refractivity contribution in [2.45, 2.75) is 32.9 Å². The van der Waals surface area contributed by atoms with Gasteiger partial charge in [-0.05, 0) is 27.8 Å². The van der Waals surface area contributed by atoms with Crippen molar-refractivity contribution in [3.05, 3.63) is 11.9 Å². The highest BCUT2D eigenvalue weighted by molar-refractivity contribution is 5.78. The summed E-state index contributed by atoms with van der Waals surface area (Å²) >= 11 is 0. The minimum atomic E-state index is -0.0690. The van der Waals surface area contributed by atoms with Crippen LogP contribution in [0.15, 0.2) is 6.20 Å². The van der Waals surface area contributed by atoms with Gasteiger partial charge >= 0.3 is 0 Å². The van der Waals surface area contributed by atoms with E-state index >= 15 is 0 Å². The van der Waals surface area contributed by atoms with E-state index in [4.69, 9.17) is 0 Å². The summed E-state index contributed by atoms with van der Waals surface area (Å²) in [5, 5.41) is 11.6. The van der Waals surface area contributed by atoms with E-state index in [2.05, 4.69) is 36.4 Å². The molecule has 1 fully saturated rings. The van der Waals surface area contributed by atoms with Crippen molar-refractivity contribution in [2.75, 3.05) is 39.8 Å². The number of amides is 1. The number of piperazine rings is 1. The monoisotopic (exact) mass is 294 g/mol. The molecule has 7 heteroatoms. The van der Waals surface area contributed by atoms with Gasteiger partial charge in [0, 0.05) is 32.7 Å². The molecular formula is C14H26N6O. The maximum Gasteiger partial charge on any atom is 0.236 e. The molecule has 118 valence electrons. The van der Waals surface area contributed by atoms with Crippen LogP contribution in [-0.2, 0) is 16.9 Å². The molecule has 0 aliphatic carbocycles. The second kappa shape index (κ2) is 6.53. The summed E-state index contributed by atoms with van der Waals surface area (Å²) in [6.07, 6.45) is 1.95. The predicted octanol–water partition coefficient (Wildman–Crippen LogP) is -0.103. The van der Waals surface area contributed by atoms with Crippen LogP contribution in [0.3, 0.4) is 0 Å². The Bertz CT molecular complexity index is 472. The van der Waals surface area contributed by atoms with E-state index in [0.717, 1.165) is 31.9 Å². The van der Waals surface area contributed by atoms with E-state index in [9.17, 15) is 4.79 Å². The van der Waals surface area contributed by atoms with Gasteiger partial charge in [0.25, 0.3) is 0 Å². The molecule has 7 nitrogen and oxygen atoms in total. The minimum Gasteiger partial charge on any atom is -0.339 e. The molecule has 0 unspecified atom stereocenters. The lowest BCUT2D eigenvalue weighted by Gasteiger charge is -2.29. The summed E-state index contributed by atoms with van der Waals surface area (Å²) in [6.45, 7) is 10.7. The fraction of sp³-hybridized carbons (Fsp3) is 0.786. The summed E-state index contributed by atoms with van der Waals surface area (Å²) in [6, 6.07) is 0. The SMILES string of the molecule is CN(CC(=O)N1CCNCC1)Cc1cn(C(C)(C)C)nn1. The normalized spacial score (nSPS) is 16.5. The van der Waals surface area contributed by atoms with Crippen molar-refractivity contribution in [2.24, 2.45) is 0 Å². The number of aromatic nitrogens is 3. The molecule has 1 aromatic heterocycles. The third kappa shape index (κ3) is 4.50. The van der Waals surface area contributed by atoms with Gasteiger partial charge in [-0.25, -0.2) is 4.68 Å². The summed E-state index contributed by atoms with van der Waals surface area (Å²) in [5.41, 5.74) is 0.820. The minimum absolute atomic E-state index is 0.0690. The van der Waals surface area contributed by atoms with Gasteiger partial charge in [-0.15, -0.1) is 5.10 Å². The molecule has 0 spiro atoms. The van der Waals surface area contributed by atoms with Gasteiger partial charge in [0.1, 0.15) is 0 Å². The molecule has 0 bridgehead atoms. The third-order valence-electron chi connectivity index (χ3n) is 3.53. The Morgan fingerprint density at radius 1 is 1.38 bits per heavy atom. The topological polar surface area (TPSA) is 66.3 Å². The van der Waals surface area contributed by atoms with Crippen LogP contribution in [-0.4, -0.2) is 70.5 Å². The Morgan fingerprint density at radius 2 is 2.05 bits per heavy atom. The molecule has 1 aromatic rings. The lowest BCUT2D eigenvalue weighted by atomic mass is 10.1. The first-order valence-electron chi connectivity index (χ1n) is 7.45. The van der Waals surface area contributed by atoms with Gasteiger partial charge in [-0.1, -0.05) is 5.21 Å². The van der Waals surface area contributed by atoms with Crippen LogP contribution in [0, 0.1) is 0 Å². The molecule has 0 saturated carbocycles. The number of likely N-dealkylation sites (N-methyl/N-ethyl adjacent to an activating group) is 1. The summed E-state index contributed by atoms with van der Waals surface area (Å²) < 4.78 is 1.86. The standard InChI is InChI=1S/C14H26N6O/c1-14(2,3)20-10-12(16-17-20)9-18(4)11-13(21)19-7-5-15-6-8-19/h10,15H,5-9,11H2,1-4H3. The first-order valence-corrected chi connectivity index (χ1v) is 7.45. The lowest BCUT2D eigenvalue weighted by molar-refractivity contribution is -0.132. The highest BCUT2D eigenvalue weighted by Gasteiger charge is 2.19. The van der Waals surface area contributed by atoms with Crippen LogP contribution < -0.4 is 5.32 Å². The first kappa shape index (κ1) is 15.9. The second-order valence-corrected chi connectivity index (χ2v) is 6.63. The molecule has 0 aromatic carbocycles. The average molecular weight is 294 g/mol. The molecule has 1 aliphatic rings. The highest BCUT2D eigenvalue weighted by Crippen LogP contribution is 2.12. The Balaban J connectivity index is 1.85. The van der Waals surface area contributed by atoms with Gasteiger partial charge < -0.3 is 10.2 Å². The van der Waals surface area contributed by atoms with E-state index in [0.29, 0.717) is 13.1 Å². The number of hydrogen-bond donors (Lipinski definition) is 1. The molecule has 2 heterocycles. The van der Waals surface area contributed by atoms with Gasteiger partial charge in [-0.3, -0.25) is 9.69 Å². The largest absolute Gasteiger partial charge is 0.339 e. The molecule has 0 atom stereocenters. The van der Waals surface area contributed by atoms with Crippen LogP contribution in [0.5, 0.6) is 0 Å². The number of nitrogens with zero attached hydrogens (tertiary/aromatic N) is 5. The molecule has 1 N–H and O–H groups in total. The Hall–Kier alpha value is -1.47. The average Bonchev–Trinajstić information content (AvgIpc) is 2.88. The van der Waals surface area contributed by atoms with E-state index in [1.54, 1.807) is 0 Å². The van der Waals surface area contributed by atoms with E-state index in [1.165, 1.54) is 0 Å². The molecule has 0 radical (unpaired) electrons. The third-order valence-corrected chi connectivity index (χ3v) is 3.53. The fourth-order valence-corrected chi connectivity index (χ4v) is 2.28. The Kier molecular flexibility index (Phi) is 4.95. The van der Waals surface area contributed by atoms with Gasteiger partial charge in [0.05, 0.1) is 24.0 Å². The number of carbonyl (C=O) groups is 1. The van der Waals surface area contributed by atoms with Gasteiger partial charge in [-0.2, -0.15) is 0 Å². The van der Waals surface area contributed by atoms with Crippen molar-refractivity contribution >= 4 is 5.91 Å². The fourth-order valence-electron chi connectivity index (χ4n) is 2.28. The smallest absolute Gasteiger partial charge is 0.236 e. The second-order valence-electron chi connectivity index (χ2n) is 6.63. The zero-order valence-corrected chi connectivity index (χ0v) is 13.5. The van der Waals surface area contributed by atoms with Crippen molar-refractivity contribution in [1.82, 2.24) is 30.1 Å². The van der Waals surface area contributed by atoms with Gasteiger partial charge in [0.15, 0.2) is 0 Å². The quantitative estimate of drug-likeness (QED) is 0.840. The molecule has 2 rings (SSSR count). The first-order chi connectivity index (χ1) is 9.86. The van der Waals surface area contributed by atoms with Crippen LogP contribution >= 0.6 is 0 Å². The molecule has 1 aliphatic heterocycles. The predicted molar refractivity (Wildman–Crippen MR) is 80.8 cm³/mol. The maximum atomic E-state index is 12.2. The lowest BCUT2D eigenvalue weighted by Crippen LogP contribution is -2.49. The summed E-state index contributed by atoms with van der Waals surface area (Å²) in [7, 11) is 1.94. The number of nitrogens with one attached hydrogen (secondary N) is 1. The number of carbonyl (C=O) groups excluding carboxylic acids is 1. The van der Waals surface area contributed by atoms with Crippen LogP contribution in [0.2, 0.25) is 0 Å². The van der Waals surface area contributed by atoms with E-state index < -0.39 is 0 Å². The molecule has 21 heavy (non-hydrogen) atoms. The highest BCUT2D eigenvalue weighted by atomic mass is 16.2. The Morgan fingerprint density at radius 3 is 2.62 bits per heavy atom. The van der Waals surface area contributed by atoms with Crippen molar-refractivity contribution in [3.8, 4) is 0 Å². The van der Waals surface area contributed by atoms with Crippen molar-refractivity contribution in [1.29, 1.82) is 0 Å². The maximum absolute atomic E-state index is 12.2. The molecule has 1 amide bonds. The molecule has 1 saturated heterocycles. The molecular weight excluding hydrogens is 268 g/mol. The summed E-state index contributed by atoms with van der Waals surface area (Å²) in [5.74, 6) is 0.183. The van der Waals surface area contributed by atoms with Crippen molar-refractivity contribution < 1.29 is 4.79 Å². The number of hydrogen-bond acceptors (Lipinski definition) is 5. The van der Waals surface area contributed by atoms with Gasteiger partial charge in [0.2, 0.25) is 5.91 Å². The summed E-state index contributed by atoms with van der Waals surface area (Å²) in [4.78, 5) is 16.1. The number of rotatable bonds is 4. The van der Waals surface area contributed by atoms with Crippen molar-refractivity contribution in [3.63, 3.8) is 0 Å². The van der Waals surface area contributed by atoms with Crippen LogP contribution in [0.1, 0.15) is 26.5 Å². The zero-order valence-electron chi connectivity index (χ0n) is 13.5. The van der Waals surface area contributed by atoms with E-state index in [-0.39, 0.29) is 11.4 Å². The Labute approximate surface area is 126 Å². The van der Waals surface area contributed by atoms with Crippen LogP contribution in [0.4, 0.5) is 0 Å². The van der Waals surface area contributed by atoms with E-state index in [1.807, 2.05) is 27.7 Å². The zero-order chi connectivity index (χ0) is 15.5. The van der Waals surface area contributed by atoms with Crippen LogP contribution in [0.25, 0.3) is 0 Å².